The van der Waals surface area contributed by atoms with Gasteiger partial charge in [-0.2, -0.15) is 0 Å². The number of carboxylic acid groups (broad SMARTS) is 2. The Labute approximate surface area is 167 Å². The molecule has 0 aromatic heterocycles. The number of rotatable bonds is 9. The number of benzene rings is 2. The Kier molecular flexibility index (Phi) is 7.66. The van der Waals surface area contributed by atoms with Gasteiger partial charge in [0.15, 0.2) is 0 Å². The maximum Gasteiger partial charge on any atom is 0.320 e. The van der Waals surface area contributed by atoms with Gasteiger partial charge in [-0.05, 0) is 36.8 Å². The van der Waals surface area contributed by atoms with Crippen molar-refractivity contribution in [2.75, 3.05) is 6.16 Å². The molecule has 4 N–H and O–H groups in total. The van der Waals surface area contributed by atoms with Gasteiger partial charge < -0.3 is 10.2 Å². The summed E-state index contributed by atoms with van der Waals surface area (Å²) in [5.74, 6) is -3.67. The highest BCUT2D eigenvalue weighted by molar-refractivity contribution is 7.82. The highest BCUT2D eigenvalue weighted by Gasteiger charge is 2.46. The second-order valence-corrected chi connectivity index (χ2v) is 8.85. The summed E-state index contributed by atoms with van der Waals surface area (Å²) in [6, 6.07) is 14.9. The van der Waals surface area contributed by atoms with Crippen LogP contribution >= 0.6 is 19.3 Å². The fourth-order valence-electron chi connectivity index (χ4n) is 2.59. The third-order valence-electron chi connectivity index (χ3n) is 3.95. The minimum absolute atomic E-state index is 0.0445. The summed E-state index contributed by atoms with van der Waals surface area (Å²) in [6.45, 7) is 0. The van der Waals surface area contributed by atoms with Crippen LogP contribution in [0.1, 0.15) is 18.4 Å². The van der Waals surface area contributed by atoms with Crippen LogP contribution in [0.3, 0.4) is 0 Å². The van der Waals surface area contributed by atoms with E-state index in [0.29, 0.717) is 16.3 Å². The molecule has 148 valence electrons. The summed E-state index contributed by atoms with van der Waals surface area (Å²) in [5.41, 5.74) is 0.774. The lowest BCUT2D eigenvalue weighted by molar-refractivity contribution is -0.142. The van der Waals surface area contributed by atoms with Gasteiger partial charge in [-0.1, -0.05) is 35.9 Å². The molecule has 2 rings (SSSR count). The molecule has 0 spiro atoms. The van der Waals surface area contributed by atoms with Gasteiger partial charge in [0.2, 0.25) is 5.45 Å². The lowest BCUT2D eigenvalue weighted by Crippen LogP contribution is -2.24. The molecule has 0 radical (unpaired) electrons. The van der Waals surface area contributed by atoms with Gasteiger partial charge in [0.25, 0.3) is 0 Å². The molecule has 0 aliphatic carbocycles. The quantitative estimate of drug-likeness (QED) is 0.358. The smallest absolute Gasteiger partial charge is 0.320 e. The molecular formula is C19H20ClNO6P+. The molecular weight excluding hydrogens is 405 g/mol. The van der Waals surface area contributed by atoms with E-state index in [2.05, 4.69) is 4.99 Å². The first kappa shape index (κ1) is 22.0. The molecule has 0 aliphatic heterocycles. The predicted molar refractivity (Wildman–Crippen MR) is 108 cm³/mol. The Hall–Kier alpha value is -2.31. The van der Waals surface area contributed by atoms with E-state index in [4.69, 9.17) is 16.7 Å². The van der Waals surface area contributed by atoms with Crippen molar-refractivity contribution in [3.05, 3.63) is 65.2 Å². The van der Waals surface area contributed by atoms with E-state index in [1.807, 2.05) is 0 Å². The third kappa shape index (κ3) is 6.39. The average molecular weight is 425 g/mol. The maximum atomic E-state index is 11.5. The second kappa shape index (κ2) is 9.75. The fourth-order valence-corrected chi connectivity index (χ4v) is 4.74. The molecule has 0 saturated carbocycles. The van der Waals surface area contributed by atoms with E-state index in [0.717, 1.165) is 0 Å². The molecule has 0 fully saturated rings. The van der Waals surface area contributed by atoms with Gasteiger partial charge in [-0.25, -0.2) is 14.8 Å². The molecule has 2 aromatic rings. The molecule has 0 amide bonds. The summed E-state index contributed by atoms with van der Waals surface area (Å²) in [4.78, 5) is 48.3. The van der Waals surface area contributed by atoms with Crippen molar-refractivity contribution >= 4 is 42.4 Å². The lowest BCUT2D eigenvalue weighted by Gasteiger charge is -2.18. The summed E-state index contributed by atoms with van der Waals surface area (Å²) >= 11 is 5.97. The SMILES string of the molecule is O=C(O)CCC(C[P+](O)(O)C(=Nc1cccc(Cl)c1)c1ccccc1)C(=O)O. The number of aliphatic imine (C=N–C) groups is 1. The fraction of sp³-hybridized carbons (Fsp3) is 0.211. The molecule has 0 saturated heterocycles. The van der Waals surface area contributed by atoms with Crippen LogP contribution in [0.4, 0.5) is 5.69 Å². The zero-order chi connectivity index (χ0) is 20.7. The first-order valence-electron chi connectivity index (χ1n) is 8.37. The first-order chi connectivity index (χ1) is 13.2. The van der Waals surface area contributed by atoms with Crippen LogP contribution in [0.25, 0.3) is 0 Å². The Bertz CT molecular complexity index is 872. The maximum absolute atomic E-state index is 11.5. The van der Waals surface area contributed by atoms with E-state index in [1.165, 1.54) is 0 Å². The average Bonchev–Trinajstić information content (AvgIpc) is 2.63. The van der Waals surface area contributed by atoms with Gasteiger partial charge in [0.1, 0.15) is 6.16 Å². The number of aliphatic carboxylic acids is 2. The van der Waals surface area contributed by atoms with Crippen molar-refractivity contribution < 1.29 is 29.6 Å². The Morgan fingerprint density at radius 2 is 1.71 bits per heavy atom. The van der Waals surface area contributed by atoms with Crippen LogP contribution in [0.5, 0.6) is 0 Å². The highest BCUT2D eigenvalue weighted by Crippen LogP contribution is 2.56. The van der Waals surface area contributed by atoms with Crippen LogP contribution in [-0.2, 0) is 9.59 Å². The summed E-state index contributed by atoms with van der Waals surface area (Å²) < 4.78 is 0. The number of carboxylic acids is 2. The van der Waals surface area contributed by atoms with Gasteiger partial charge >= 0.3 is 19.7 Å². The molecule has 0 heterocycles. The highest BCUT2D eigenvalue weighted by atomic mass is 35.5. The summed E-state index contributed by atoms with van der Waals surface area (Å²) in [5, 5.41) is 18.6. The Balaban J connectivity index is 2.43. The molecule has 1 unspecified atom stereocenters. The van der Waals surface area contributed by atoms with Crippen LogP contribution in [-0.4, -0.2) is 43.6 Å². The standard InChI is InChI=1S/C19H19ClNO6P/c20-15-7-4-8-16(11-15)21-18(13-5-2-1-3-6-13)28(26,27)12-14(19(24)25)9-10-17(22)23/h1-8,11,14,26-27H,9-10,12H2,(H-,22,23,24,25)/p+1. The molecule has 0 aliphatic rings. The molecule has 28 heavy (non-hydrogen) atoms. The minimum Gasteiger partial charge on any atom is -0.481 e. The van der Waals surface area contributed by atoms with Crippen LogP contribution < -0.4 is 0 Å². The van der Waals surface area contributed by atoms with E-state index in [-0.39, 0.29) is 18.3 Å². The van der Waals surface area contributed by atoms with Crippen molar-refractivity contribution in [2.24, 2.45) is 10.9 Å². The van der Waals surface area contributed by atoms with Gasteiger partial charge in [-0.15, -0.1) is 0 Å². The zero-order valence-corrected chi connectivity index (χ0v) is 16.4. The Morgan fingerprint density at radius 1 is 1.04 bits per heavy atom. The lowest BCUT2D eigenvalue weighted by atomic mass is 10.1. The molecule has 1 atom stereocenters. The van der Waals surface area contributed by atoms with Crippen LogP contribution in [0.15, 0.2) is 59.6 Å². The monoisotopic (exact) mass is 424 g/mol. The molecule has 7 nitrogen and oxygen atoms in total. The van der Waals surface area contributed by atoms with Gasteiger partial charge in [-0.3, -0.25) is 9.59 Å². The normalized spacial score (nSPS) is 13.2. The van der Waals surface area contributed by atoms with Gasteiger partial charge in [0.05, 0.1) is 11.6 Å². The molecule has 0 bridgehead atoms. The van der Waals surface area contributed by atoms with E-state index in [1.54, 1.807) is 54.6 Å². The van der Waals surface area contributed by atoms with E-state index in [9.17, 15) is 24.5 Å². The van der Waals surface area contributed by atoms with Crippen molar-refractivity contribution in [1.82, 2.24) is 0 Å². The van der Waals surface area contributed by atoms with Crippen molar-refractivity contribution in [3.8, 4) is 0 Å². The number of hydrogen-bond acceptors (Lipinski definition) is 5. The predicted octanol–water partition coefficient (Wildman–Crippen LogP) is 3.82. The topological polar surface area (TPSA) is 127 Å². The van der Waals surface area contributed by atoms with Crippen molar-refractivity contribution in [2.45, 2.75) is 12.8 Å². The number of hydrogen-bond donors (Lipinski definition) is 4. The third-order valence-corrected chi connectivity index (χ3v) is 6.17. The first-order valence-corrected chi connectivity index (χ1v) is 10.6. The number of halogens is 1. The number of carbonyl (C=O) groups is 2. The van der Waals surface area contributed by atoms with Crippen molar-refractivity contribution in [1.29, 1.82) is 0 Å². The number of nitrogens with zero attached hydrogens (tertiary/aromatic N) is 1. The molecule has 2 aromatic carbocycles. The van der Waals surface area contributed by atoms with E-state index >= 15 is 0 Å². The minimum atomic E-state index is -3.99. The second-order valence-electron chi connectivity index (χ2n) is 6.16. The summed E-state index contributed by atoms with van der Waals surface area (Å²) in [6.07, 6.45) is -1.11. The zero-order valence-electron chi connectivity index (χ0n) is 14.8. The van der Waals surface area contributed by atoms with Crippen molar-refractivity contribution in [3.63, 3.8) is 0 Å². The van der Waals surface area contributed by atoms with Crippen LogP contribution in [0.2, 0.25) is 5.02 Å². The van der Waals surface area contributed by atoms with Gasteiger partial charge in [0, 0.05) is 17.0 Å². The Morgan fingerprint density at radius 3 is 2.29 bits per heavy atom. The van der Waals surface area contributed by atoms with Crippen LogP contribution in [0, 0.1) is 5.92 Å². The summed E-state index contributed by atoms with van der Waals surface area (Å²) in [7, 11) is -3.99. The molecule has 9 heteroatoms. The van der Waals surface area contributed by atoms with E-state index < -0.39 is 31.7 Å². The largest absolute Gasteiger partial charge is 0.481 e.